The molecule has 0 aromatic heterocycles. The average Bonchev–Trinajstić information content (AvgIpc) is 2.52. The van der Waals surface area contributed by atoms with Crippen molar-refractivity contribution in [1.82, 2.24) is 4.90 Å². The highest BCUT2D eigenvalue weighted by Gasteiger charge is 2.44. The average molecular weight is 221 g/mol. The first kappa shape index (κ1) is 9.37. The van der Waals surface area contributed by atoms with Gasteiger partial charge in [0.1, 0.15) is 4.87 Å². The van der Waals surface area contributed by atoms with Crippen molar-refractivity contribution in [3.63, 3.8) is 0 Å². The predicted octanol–water partition coefficient (Wildman–Crippen LogP) is 2.54. The second-order valence-corrected chi connectivity index (χ2v) is 5.01. The Balaban J connectivity index is 2.12. The van der Waals surface area contributed by atoms with E-state index in [1.54, 1.807) is 0 Å². The summed E-state index contributed by atoms with van der Waals surface area (Å²) in [5, 5.41) is 0. The van der Waals surface area contributed by atoms with Gasteiger partial charge < -0.3 is 4.90 Å². The molecule has 0 radical (unpaired) electrons. The van der Waals surface area contributed by atoms with Crippen molar-refractivity contribution in [1.29, 1.82) is 0 Å². The summed E-state index contributed by atoms with van der Waals surface area (Å²) < 4.78 is 0. The number of piperidine rings is 1. The Morgan fingerprint density at radius 1 is 1.40 bits per heavy atom. The molecule has 2 aliphatic heterocycles. The number of alkyl halides is 1. The lowest BCUT2D eigenvalue weighted by Crippen LogP contribution is -2.44. The summed E-state index contributed by atoms with van der Waals surface area (Å²) in [4.78, 5) is 6.59. The van der Waals surface area contributed by atoms with Gasteiger partial charge in [0.2, 0.25) is 0 Å². The summed E-state index contributed by atoms with van der Waals surface area (Å²) in [6.07, 6.45) is 0.959. The van der Waals surface area contributed by atoms with Crippen molar-refractivity contribution in [2.75, 3.05) is 20.1 Å². The molecule has 0 N–H and O–H groups in total. The maximum Gasteiger partial charge on any atom is 0.112 e. The van der Waals surface area contributed by atoms with Crippen LogP contribution in [0.4, 0.5) is 5.69 Å². The topological polar surface area (TPSA) is 15.6 Å². The van der Waals surface area contributed by atoms with Gasteiger partial charge >= 0.3 is 0 Å². The van der Waals surface area contributed by atoms with E-state index in [1.165, 1.54) is 5.56 Å². The van der Waals surface area contributed by atoms with Crippen LogP contribution in [0.3, 0.4) is 0 Å². The first-order valence-electron chi connectivity index (χ1n) is 5.25. The number of nitrogens with zero attached hydrogens (tertiary/aromatic N) is 2. The zero-order valence-corrected chi connectivity index (χ0v) is 9.46. The molecule has 0 spiro atoms. The lowest BCUT2D eigenvalue weighted by Gasteiger charge is -2.34. The van der Waals surface area contributed by atoms with E-state index in [1.807, 2.05) is 18.2 Å². The molecule has 15 heavy (non-hydrogen) atoms. The minimum atomic E-state index is -0.316. The van der Waals surface area contributed by atoms with Crippen molar-refractivity contribution in [2.24, 2.45) is 4.99 Å². The fourth-order valence-corrected chi connectivity index (χ4v) is 2.76. The van der Waals surface area contributed by atoms with Crippen LogP contribution in [0.5, 0.6) is 0 Å². The van der Waals surface area contributed by atoms with E-state index < -0.39 is 0 Å². The Labute approximate surface area is 94.6 Å². The van der Waals surface area contributed by atoms with Crippen LogP contribution in [0.15, 0.2) is 29.3 Å². The molecule has 2 heterocycles. The molecular weight excluding hydrogens is 208 g/mol. The zero-order valence-electron chi connectivity index (χ0n) is 8.70. The van der Waals surface area contributed by atoms with Gasteiger partial charge in [0, 0.05) is 18.7 Å². The van der Waals surface area contributed by atoms with Gasteiger partial charge in [-0.1, -0.05) is 18.2 Å². The molecule has 1 fully saturated rings. The molecule has 0 bridgehead atoms. The van der Waals surface area contributed by atoms with E-state index in [0.29, 0.717) is 0 Å². The first-order chi connectivity index (χ1) is 7.20. The molecule has 2 aliphatic rings. The van der Waals surface area contributed by atoms with Crippen LogP contribution in [-0.4, -0.2) is 30.7 Å². The van der Waals surface area contributed by atoms with Crippen LogP contribution in [0.1, 0.15) is 12.0 Å². The lowest BCUT2D eigenvalue weighted by atomic mass is 9.88. The summed E-state index contributed by atoms with van der Waals surface area (Å²) >= 11 is 6.71. The van der Waals surface area contributed by atoms with Gasteiger partial charge in [0.15, 0.2) is 0 Å². The Morgan fingerprint density at radius 2 is 2.20 bits per heavy atom. The van der Waals surface area contributed by atoms with Crippen molar-refractivity contribution in [3.8, 4) is 0 Å². The minimum Gasteiger partial charge on any atom is -0.301 e. The number of hydrogen-bond donors (Lipinski definition) is 0. The van der Waals surface area contributed by atoms with Crippen molar-refractivity contribution < 1.29 is 0 Å². The largest absolute Gasteiger partial charge is 0.301 e. The Hall–Kier alpha value is -0.860. The summed E-state index contributed by atoms with van der Waals surface area (Å²) in [7, 11) is 2.11. The molecular formula is C12H13ClN2. The van der Waals surface area contributed by atoms with E-state index >= 15 is 0 Å². The SMILES string of the molecule is CN1CCC2(Cl)C(=Nc3ccccc32)C1. The molecule has 0 aliphatic carbocycles. The number of likely N-dealkylation sites (tertiary alicyclic amines) is 1. The number of fused-ring (bicyclic) bond motifs is 3. The molecule has 3 rings (SSSR count). The molecule has 1 saturated heterocycles. The number of para-hydroxylation sites is 1. The van der Waals surface area contributed by atoms with Gasteiger partial charge in [-0.25, -0.2) is 0 Å². The fraction of sp³-hybridized carbons (Fsp3) is 0.417. The number of rotatable bonds is 0. The number of benzene rings is 1. The van der Waals surface area contributed by atoms with E-state index in [9.17, 15) is 0 Å². The van der Waals surface area contributed by atoms with E-state index in [2.05, 4.69) is 23.0 Å². The molecule has 0 saturated carbocycles. The third kappa shape index (κ3) is 1.25. The van der Waals surface area contributed by atoms with Gasteiger partial charge in [-0.05, 0) is 19.5 Å². The quantitative estimate of drug-likeness (QED) is 0.614. The standard InChI is InChI=1S/C12H13ClN2/c1-15-7-6-12(13)9-4-2-3-5-10(9)14-11(12)8-15/h2-5H,6-8H2,1H3. The molecule has 0 amide bonds. The maximum atomic E-state index is 6.71. The Kier molecular flexibility index (Phi) is 1.91. The van der Waals surface area contributed by atoms with E-state index in [0.717, 1.165) is 30.9 Å². The second-order valence-electron chi connectivity index (χ2n) is 4.36. The molecule has 78 valence electrons. The van der Waals surface area contributed by atoms with Crippen LogP contribution < -0.4 is 0 Å². The van der Waals surface area contributed by atoms with Crippen LogP contribution in [-0.2, 0) is 4.87 Å². The van der Waals surface area contributed by atoms with E-state index in [-0.39, 0.29) is 4.87 Å². The molecule has 3 heteroatoms. The summed E-state index contributed by atoms with van der Waals surface area (Å²) in [6, 6.07) is 8.21. The minimum absolute atomic E-state index is 0.316. The van der Waals surface area contributed by atoms with Crippen LogP contribution in [0.2, 0.25) is 0 Å². The highest BCUT2D eigenvalue weighted by Crippen LogP contribution is 2.47. The maximum absolute atomic E-state index is 6.71. The van der Waals surface area contributed by atoms with Gasteiger partial charge in [-0.2, -0.15) is 0 Å². The lowest BCUT2D eigenvalue weighted by molar-refractivity contribution is 0.334. The van der Waals surface area contributed by atoms with Crippen LogP contribution in [0, 0.1) is 0 Å². The molecule has 1 aromatic carbocycles. The van der Waals surface area contributed by atoms with Gasteiger partial charge in [-0.15, -0.1) is 11.6 Å². The van der Waals surface area contributed by atoms with E-state index in [4.69, 9.17) is 11.6 Å². The van der Waals surface area contributed by atoms with Crippen molar-refractivity contribution >= 4 is 23.0 Å². The normalized spacial score (nSPS) is 29.6. The Morgan fingerprint density at radius 3 is 3.07 bits per heavy atom. The molecule has 1 unspecified atom stereocenters. The first-order valence-corrected chi connectivity index (χ1v) is 5.63. The number of hydrogen-bond acceptors (Lipinski definition) is 2. The Bertz CT molecular complexity index is 441. The van der Waals surface area contributed by atoms with Crippen LogP contribution >= 0.6 is 11.6 Å². The third-order valence-corrected chi connectivity index (χ3v) is 3.91. The molecule has 1 atom stereocenters. The fourth-order valence-electron chi connectivity index (χ4n) is 2.41. The molecule has 2 nitrogen and oxygen atoms in total. The highest BCUT2D eigenvalue weighted by atomic mass is 35.5. The van der Waals surface area contributed by atoms with Crippen LogP contribution in [0.25, 0.3) is 0 Å². The smallest absolute Gasteiger partial charge is 0.112 e. The zero-order chi connectivity index (χ0) is 10.5. The predicted molar refractivity (Wildman–Crippen MR) is 63.2 cm³/mol. The third-order valence-electron chi connectivity index (χ3n) is 3.30. The number of halogens is 1. The van der Waals surface area contributed by atoms with Gasteiger partial charge in [0.25, 0.3) is 0 Å². The van der Waals surface area contributed by atoms with Gasteiger partial charge in [-0.3, -0.25) is 4.99 Å². The number of aliphatic imine (C=N–C) groups is 1. The summed E-state index contributed by atoms with van der Waals surface area (Å²) in [6.45, 7) is 1.93. The second kappa shape index (κ2) is 3.06. The van der Waals surface area contributed by atoms with Crippen molar-refractivity contribution in [2.45, 2.75) is 11.3 Å². The highest BCUT2D eigenvalue weighted by molar-refractivity contribution is 6.38. The molecule has 1 aromatic rings. The summed E-state index contributed by atoms with van der Waals surface area (Å²) in [5.74, 6) is 0. The summed E-state index contributed by atoms with van der Waals surface area (Å²) in [5.41, 5.74) is 3.35. The monoisotopic (exact) mass is 220 g/mol. The van der Waals surface area contributed by atoms with Gasteiger partial charge in [0.05, 0.1) is 11.4 Å². The van der Waals surface area contributed by atoms with Crippen molar-refractivity contribution in [3.05, 3.63) is 29.8 Å².